The molecule has 0 heterocycles. The van der Waals surface area contributed by atoms with Crippen LogP contribution in [0.3, 0.4) is 0 Å². The molecule has 0 aliphatic heterocycles. The number of hydrogen-bond acceptors (Lipinski definition) is 3. The molecule has 0 saturated heterocycles. The highest BCUT2D eigenvalue weighted by molar-refractivity contribution is 6.27. The number of rotatable bonds is 2. The van der Waals surface area contributed by atoms with Crippen molar-refractivity contribution in [1.29, 1.82) is 0 Å². The molecule has 0 amide bonds. The Labute approximate surface area is 93.5 Å². The van der Waals surface area contributed by atoms with Gasteiger partial charge >= 0.3 is 0 Å². The second kappa shape index (κ2) is 4.00. The molecule has 82 valence electrons. The van der Waals surface area contributed by atoms with E-state index in [1.54, 1.807) is 18.2 Å². The number of ketones is 3. The molecule has 1 aromatic carbocycles. The van der Waals surface area contributed by atoms with Crippen molar-refractivity contribution in [1.82, 2.24) is 0 Å². The average molecular weight is 216 g/mol. The average Bonchev–Trinajstić information content (AvgIpc) is 2.58. The Morgan fingerprint density at radius 1 is 1.19 bits per heavy atom. The lowest BCUT2D eigenvalue weighted by Gasteiger charge is -2.06. The van der Waals surface area contributed by atoms with Gasteiger partial charge in [-0.2, -0.15) is 0 Å². The van der Waals surface area contributed by atoms with Crippen LogP contribution in [0.5, 0.6) is 0 Å². The molecule has 0 unspecified atom stereocenters. The van der Waals surface area contributed by atoms with Crippen molar-refractivity contribution in [2.24, 2.45) is 5.92 Å². The third-order valence-electron chi connectivity index (χ3n) is 2.83. The first-order valence-corrected chi connectivity index (χ1v) is 5.26. The summed E-state index contributed by atoms with van der Waals surface area (Å²) < 4.78 is 0. The van der Waals surface area contributed by atoms with Gasteiger partial charge in [0.1, 0.15) is 5.92 Å². The van der Waals surface area contributed by atoms with Gasteiger partial charge in [-0.15, -0.1) is 0 Å². The van der Waals surface area contributed by atoms with E-state index in [1.807, 2.05) is 13.0 Å². The standard InChI is InChI=1S/C13H12O3/c1-8-3-2-4-9(7-8)13(16)12-10(14)5-6-11(12)15/h2-4,7,12H,5-6H2,1H3. The zero-order valence-corrected chi connectivity index (χ0v) is 9.03. The summed E-state index contributed by atoms with van der Waals surface area (Å²) in [4.78, 5) is 34.9. The number of carbonyl (C=O) groups is 3. The molecule has 0 radical (unpaired) electrons. The topological polar surface area (TPSA) is 51.2 Å². The molecule has 3 heteroatoms. The Balaban J connectivity index is 2.32. The summed E-state index contributed by atoms with van der Waals surface area (Å²) in [6, 6.07) is 6.98. The number of carbonyl (C=O) groups excluding carboxylic acids is 3. The van der Waals surface area contributed by atoms with E-state index in [0.717, 1.165) is 5.56 Å². The molecule has 1 fully saturated rings. The third-order valence-corrected chi connectivity index (χ3v) is 2.83. The zero-order valence-electron chi connectivity index (χ0n) is 9.03. The van der Waals surface area contributed by atoms with Crippen molar-refractivity contribution >= 4 is 17.3 Å². The van der Waals surface area contributed by atoms with Crippen LogP contribution < -0.4 is 0 Å². The molecule has 2 rings (SSSR count). The maximum Gasteiger partial charge on any atom is 0.180 e. The first-order valence-electron chi connectivity index (χ1n) is 5.26. The molecule has 0 N–H and O–H groups in total. The summed E-state index contributed by atoms with van der Waals surface area (Å²) in [5, 5.41) is 0. The van der Waals surface area contributed by atoms with Crippen LogP contribution in [-0.2, 0) is 9.59 Å². The summed E-state index contributed by atoms with van der Waals surface area (Å²) in [7, 11) is 0. The van der Waals surface area contributed by atoms with Gasteiger partial charge in [0, 0.05) is 18.4 Å². The van der Waals surface area contributed by atoms with E-state index in [4.69, 9.17) is 0 Å². The molecule has 1 aromatic rings. The van der Waals surface area contributed by atoms with Crippen molar-refractivity contribution in [2.75, 3.05) is 0 Å². The Morgan fingerprint density at radius 3 is 2.38 bits per heavy atom. The Morgan fingerprint density at radius 2 is 1.81 bits per heavy atom. The van der Waals surface area contributed by atoms with Crippen molar-refractivity contribution in [3.05, 3.63) is 35.4 Å². The van der Waals surface area contributed by atoms with Gasteiger partial charge in [0.15, 0.2) is 17.3 Å². The van der Waals surface area contributed by atoms with E-state index in [0.29, 0.717) is 5.56 Å². The van der Waals surface area contributed by atoms with Crippen LogP contribution in [0.2, 0.25) is 0 Å². The van der Waals surface area contributed by atoms with Crippen LogP contribution in [-0.4, -0.2) is 17.3 Å². The van der Waals surface area contributed by atoms with E-state index in [9.17, 15) is 14.4 Å². The maximum atomic E-state index is 12.0. The van der Waals surface area contributed by atoms with Gasteiger partial charge in [0.2, 0.25) is 0 Å². The van der Waals surface area contributed by atoms with Gasteiger partial charge < -0.3 is 0 Å². The molecule has 0 spiro atoms. The zero-order chi connectivity index (χ0) is 11.7. The largest absolute Gasteiger partial charge is 0.298 e. The third kappa shape index (κ3) is 1.81. The first kappa shape index (κ1) is 10.7. The van der Waals surface area contributed by atoms with Crippen molar-refractivity contribution < 1.29 is 14.4 Å². The highest BCUT2D eigenvalue weighted by Crippen LogP contribution is 2.22. The van der Waals surface area contributed by atoms with E-state index in [1.165, 1.54) is 0 Å². The fraction of sp³-hybridized carbons (Fsp3) is 0.308. The molecule has 0 atom stereocenters. The van der Waals surface area contributed by atoms with E-state index in [-0.39, 0.29) is 30.2 Å². The van der Waals surface area contributed by atoms with Crippen molar-refractivity contribution in [2.45, 2.75) is 19.8 Å². The quantitative estimate of drug-likeness (QED) is 0.558. The normalized spacial score (nSPS) is 16.8. The van der Waals surface area contributed by atoms with Gasteiger partial charge in [-0.05, 0) is 13.0 Å². The molecule has 1 saturated carbocycles. The smallest absolute Gasteiger partial charge is 0.180 e. The lowest BCUT2D eigenvalue weighted by molar-refractivity contribution is -0.125. The maximum absolute atomic E-state index is 12.0. The second-order valence-electron chi connectivity index (χ2n) is 4.10. The SMILES string of the molecule is Cc1cccc(C(=O)C2C(=O)CCC2=O)c1. The highest BCUT2D eigenvalue weighted by atomic mass is 16.2. The van der Waals surface area contributed by atoms with E-state index < -0.39 is 5.92 Å². The molecule has 0 bridgehead atoms. The molecular formula is C13H12O3. The minimum atomic E-state index is -1.04. The van der Waals surface area contributed by atoms with Gasteiger partial charge in [0.25, 0.3) is 0 Å². The molecular weight excluding hydrogens is 204 g/mol. The number of hydrogen-bond donors (Lipinski definition) is 0. The van der Waals surface area contributed by atoms with Crippen LogP contribution in [0, 0.1) is 12.8 Å². The molecule has 1 aliphatic rings. The molecule has 16 heavy (non-hydrogen) atoms. The minimum absolute atomic E-state index is 0.209. The highest BCUT2D eigenvalue weighted by Gasteiger charge is 2.38. The van der Waals surface area contributed by atoms with Gasteiger partial charge in [-0.25, -0.2) is 0 Å². The van der Waals surface area contributed by atoms with E-state index >= 15 is 0 Å². The van der Waals surface area contributed by atoms with Crippen LogP contribution in [0.15, 0.2) is 24.3 Å². The Kier molecular flexibility index (Phi) is 2.69. The summed E-state index contributed by atoms with van der Waals surface area (Å²) in [6.07, 6.45) is 0.419. The van der Waals surface area contributed by atoms with Gasteiger partial charge in [-0.1, -0.05) is 23.8 Å². The van der Waals surface area contributed by atoms with Crippen LogP contribution in [0.4, 0.5) is 0 Å². The number of aryl methyl sites for hydroxylation is 1. The molecule has 3 nitrogen and oxygen atoms in total. The minimum Gasteiger partial charge on any atom is -0.298 e. The second-order valence-corrected chi connectivity index (χ2v) is 4.10. The van der Waals surface area contributed by atoms with E-state index in [2.05, 4.69) is 0 Å². The fourth-order valence-corrected chi connectivity index (χ4v) is 1.97. The monoisotopic (exact) mass is 216 g/mol. The number of Topliss-reactive ketones (excluding diaryl/α,β-unsaturated/α-hetero) is 3. The predicted molar refractivity (Wildman–Crippen MR) is 58.2 cm³/mol. The van der Waals surface area contributed by atoms with Crippen molar-refractivity contribution in [3.8, 4) is 0 Å². The lowest BCUT2D eigenvalue weighted by Crippen LogP contribution is -2.25. The van der Waals surface area contributed by atoms with Gasteiger partial charge in [0.05, 0.1) is 0 Å². The van der Waals surface area contributed by atoms with Gasteiger partial charge in [-0.3, -0.25) is 14.4 Å². The summed E-state index contributed by atoms with van der Waals surface area (Å²) in [5.41, 5.74) is 1.40. The molecule has 0 aromatic heterocycles. The molecule has 1 aliphatic carbocycles. The van der Waals surface area contributed by atoms with Crippen LogP contribution in [0.25, 0.3) is 0 Å². The van der Waals surface area contributed by atoms with Crippen molar-refractivity contribution in [3.63, 3.8) is 0 Å². The number of benzene rings is 1. The Hall–Kier alpha value is -1.77. The van der Waals surface area contributed by atoms with Crippen LogP contribution >= 0.6 is 0 Å². The Bertz CT molecular complexity index is 458. The summed E-state index contributed by atoms with van der Waals surface area (Å²) in [6.45, 7) is 1.87. The summed E-state index contributed by atoms with van der Waals surface area (Å²) >= 11 is 0. The fourth-order valence-electron chi connectivity index (χ4n) is 1.97. The van der Waals surface area contributed by atoms with Crippen LogP contribution in [0.1, 0.15) is 28.8 Å². The summed E-state index contributed by atoms with van der Waals surface area (Å²) in [5.74, 6) is -1.87. The predicted octanol–water partition coefficient (Wildman–Crippen LogP) is 1.73. The lowest BCUT2D eigenvalue weighted by atomic mass is 9.94. The first-order chi connectivity index (χ1) is 7.59.